The van der Waals surface area contributed by atoms with Gasteiger partial charge in [0.2, 0.25) is 11.8 Å². The maximum atomic E-state index is 12.0. The lowest BCUT2D eigenvalue weighted by Gasteiger charge is -2.40. The zero-order chi connectivity index (χ0) is 12.4. The number of rotatable bonds is 2. The van der Waals surface area contributed by atoms with E-state index in [0.29, 0.717) is 0 Å². The van der Waals surface area contributed by atoms with Gasteiger partial charge in [-0.2, -0.15) is 11.8 Å². The van der Waals surface area contributed by atoms with Crippen LogP contribution in [0.15, 0.2) is 0 Å². The molecule has 0 radical (unpaired) electrons. The van der Waals surface area contributed by atoms with E-state index >= 15 is 0 Å². The molecule has 0 aromatic heterocycles. The molecule has 1 aliphatic carbocycles. The molecular formula is C12H20N2O2S. The highest BCUT2D eigenvalue weighted by Gasteiger charge is 2.35. The molecule has 1 N–H and O–H groups in total. The van der Waals surface area contributed by atoms with Gasteiger partial charge in [0.05, 0.1) is 6.54 Å². The van der Waals surface area contributed by atoms with Crippen LogP contribution in [0, 0.1) is 0 Å². The number of hydrogen-bond acceptors (Lipinski definition) is 3. The van der Waals surface area contributed by atoms with E-state index in [9.17, 15) is 9.59 Å². The van der Waals surface area contributed by atoms with Crippen molar-refractivity contribution >= 4 is 23.6 Å². The van der Waals surface area contributed by atoms with Crippen LogP contribution in [0.2, 0.25) is 0 Å². The number of hydrogen-bond donors (Lipinski definition) is 1. The minimum absolute atomic E-state index is 0.0240. The highest BCUT2D eigenvalue weighted by molar-refractivity contribution is 7.99. The monoisotopic (exact) mass is 256 g/mol. The standard InChI is InChI=1S/C12H20N2O2S/c1-8-12(16)14(7-11(15)13-8)9-3-5-10(17-2)6-4-9/h8-10H,3-7H2,1-2H3,(H,13,15). The van der Waals surface area contributed by atoms with E-state index < -0.39 is 0 Å². The normalized spacial score (nSPS) is 34.7. The highest BCUT2D eigenvalue weighted by atomic mass is 32.2. The molecule has 1 saturated heterocycles. The average molecular weight is 256 g/mol. The van der Waals surface area contributed by atoms with Crippen LogP contribution in [0.4, 0.5) is 0 Å². The zero-order valence-corrected chi connectivity index (χ0v) is 11.3. The van der Waals surface area contributed by atoms with E-state index in [4.69, 9.17) is 0 Å². The molecule has 17 heavy (non-hydrogen) atoms. The molecule has 1 atom stereocenters. The molecule has 2 rings (SSSR count). The maximum Gasteiger partial charge on any atom is 0.245 e. The minimum atomic E-state index is -0.352. The predicted molar refractivity (Wildman–Crippen MR) is 68.9 cm³/mol. The van der Waals surface area contributed by atoms with E-state index in [1.807, 2.05) is 11.8 Å². The molecule has 1 saturated carbocycles. The summed E-state index contributed by atoms with van der Waals surface area (Å²) in [6, 6.07) is -0.0751. The Labute approximate surface area is 106 Å². The molecule has 1 heterocycles. The first-order valence-electron chi connectivity index (χ1n) is 6.24. The van der Waals surface area contributed by atoms with Crippen molar-refractivity contribution < 1.29 is 9.59 Å². The number of carbonyl (C=O) groups excluding carboxylic acids is 2. The molecule has 0 bridgehead atoms. The molecule has 2 amide bonds. The topological polar surface area (TPSA) is 49.4 Å². The molecule has 0 aromatic carbocycles. The summed E-state index contributed by atoms with van der Waals surface area (Å²) in [4.78, 5) is 25.3. The van der Waals surface area contributed by atoms with Crippen molar-refractivity contribution in [3.8, 4) is 0 Å². The summed E-state index contributed by atoms with van der Waals surface area (Å²) in [5.74, 6) is 0.0568. The van der Waals surface area contributed by atoms with Gasteiger partial charge in [0.1, 0.15) is 6.04 Å². The molecule has 1 aliphatic heterocycles. The summed E-state index contributed by atoms with van der Waals surface area (Å²) in [7, 11) is 0. The second kappa shape index (κ2) is 5.29. The first kappa shape index (κ1) is 12.7. The number of nitrogens with one attached hydrogen (secondary N) is 1. The second-order valence-electron chi connectivity index (χ2n) is 4.92. The summed E-state index contributed by atoms with van der Waals surface area (Å²) in [5, 5.41) is 3.42. The van der Waals surface area contributed by atoms with Crippen LogP contribution in [-0.4, -0.2) is 46.8 Å². The summed E-state index contributed by atoms with van der Waals surface area (Å²) >= 11 is 1.91. The molecule has 2 fully saturated rings. The van der Waals surface area contributed by atoms with E-state index in [0.717, 1.165) is 30.9 Å². The molecule has 5 heteroatoms. The van der Waals surface area contributed by atoms with Crippen LogP contribution in [0.5, 0.6) is 0 Å². The molecule has 1 unspecified atom stereocenters. The number of thioether (sulfide) groups is 1. The summed E-state index contributed by atoms with van der Waals surface area (Å²) in [5.41, 5.74) is 0. The Kier molecular flexibility index (Phi) is 3.97. The number of amides is 2. The SMILES string of the molecule is CSC1CCC(N2CC(=O)NC(C)C2=O)CC1. The van der Waals surface area contributed by atoms with Gasteiger partial charge in [-0.25, -0.2) is 0 Å². The highest BCUT2D eigenvalue weighted by Crippen LogP contribution is 2.30. The first-order valence-corrected chi connectivity index (χ1v) is 7.53. The molecule has 96 valence electrons. The van der Waals surface area contributed by atoms with E-state index in [1.165, 1.54) is 0 Å². The fraction of sp³-hybridized carbons (Fsp3) is 0.833. The third-order valence-electron chi connectivity index (χ3n) is 3.76. The van der Waals surface area contributed by atoms with Gasteiger partial charge in [0, 0.05) is 11.3 Å². The Morgan fingerprint density at radius 1 is 1.24 bits per heavy atom. The van der Waals surface area contributed by atoms with Gasteiger partial charge in [-0.1, -0.05) is 0 Å². The van der Waals surface area contributed by atoms with Gasteiger partial charge in [0.15, 0.2) is 0 Å². The van der Waals surface area contributed by atoms with Gasteiger partial charge in [-0.3, -0.25) is 9.59 Å². The lowest BCUT2D eigenvalue weighted by molar-refractivity contribution is -0.146. The largest absolute Gasteiger partial charge is 0.343 e. The lowest BCUT2D eigenvalue weighted by Crippen LogP contribution is -2.60. The number of carbonyl (C=O) groups is 2. The Hall–Kier alpha value is -0.710. The minimum Gasteiger partial charge on any atom is -0.343 e. The Morgan fingerprint density at radius 3 is 2.47 bits per heavy atom. The van der Waals surface area contributed by atoms with E-state index in [2.05, 4.69) is 11.6 Å². The number of nitrogens with zero attached hydrogens (tertiary/aromatic N) is 1. The van der Waals surface area contributed by atoms with Crippen molar-refractivity contribution in [2.45, 2.75) is 49.9 Å². The molecular weight excluding hydrogens is 236 g/mol. The van der Waals surface area contributed by atoms with Gasteiger partial charge in [-0.05, 0) is 38.9 Å². The van der Waals surface area contributed by atoms with Gasteiger partial charge >= 0.3 is 0 Å². The van der Waals surface area contributed by atoms with Gasteiger partial charge in [-0.15, -0.1) is 0 Å². The smallest absolute Gasteiger partial charge is 0.245 e. The van der Waals surface area contributed by atoms with Crippen LogP contribution >= 0.6 is 11.8 Å². The van der Waals surface area contributed by atoms with E-state index in [1.54, 1.807) is 11.8 Å². The molecule has 0 aromatic rings. The quantitative estimate of drug-likeness (QED) is 0.802. The maximum absolute atomic E-state index is 12.0. The molecule has 2 aliphatic rings. The van der Waals surface area contributed by atoms with Crippen LogP contribution in [0.1, 0.15) is 32.6 Å². The summed E-state index contributed by atoms with van der Waals surface area (Å²) < 4.78 is 0. The summed E-state index contributed by atoms with van der Waals surface area (Å²) in [6.07, 6.45) is 6.54. The Morgan fingerprint density at radius 2 is 1.88 bits per heavy atom. The fourth-order valence-electron chi connectivity index (χ4n) is 2.73. The van der Waals surface area contributed by atoms with Crippen LogP contribution in [0.3, 0.4) is 0 Å². The summed E-state index contributed by atoms with van der Waals surface area (Å²) in [6.45, 7) is 2.01. The Bertz CT molecular complexity index is 314. The van der Waals surface area contributed by atoms with Gasteiger partial charge in [0.25, 0.3) is 0 Å². The lowest BCUT2D eigenvalue weighted by atomic mass is 9.92. The third-order valence-corrected chi connectivity index (χ3v) is 4.90. The third kappa shape index (κ3) is 2.76. The molecule has 0 spiro atoms. The number of piperazine rings is 1. The zero-order valence-electron chi connectivity index (χ0n) is 10.4. The average Bonchev–Trinajstić information content (AvgIpc) is 2.34. The van der Waals surface area contributed by atoms with Crippen molar-refractivity contribution in [2.75, 3.05) is 12.8 Å². The van der Waals surface area contributed by atoms with Crippen LogP contribution in [-0.2, 0) is 9.59 Å². The van der Waals surface area contributed by atoms with Crippen molar-refractivity contribution in [3.63, 3.8) is 0 Å². The van der Waals surface area contributed by atoms with Gasteiger partial charge < -0.3 is 10.2 Å². The second-order valence-corrected chi connectivity index (χ2v) is 6.06. The van der Waals surface area contributed by atoms with E-state index in [-0.39, 0.29) is 30.4 Å². The van der Waals surface area contributed by atoms with Crippen LogP contribution < -0.4 is 5.32 Å². The van der Waals surface area contributed by atoms with Crippen molar-refractivity contribution in [1.82, 2.24) is 10.2 Å². The Balaban J connectivity index is 1.97. The molecule has 4 nitrogen and oxygen atoms in total. The van der Waals surface area contributed by atoms with Crippen molar-refractivity contribution in [3.05, 3.63) is 0 Å². The van der Waals surface area contributed by atoms with Crippen molar-refractivity contribution in [1.29, 1.82) is 0 Å². The fourth-order valence-corrected chi connectivity index (χ4v) is 3.48. The van der Waals surface area contributed by atoms with Crippen LogP contribution in [0.25, 0.3) is 0 Å². The first-order chi connectivity index (χ1) is 8.11. The predicted octanol–water partition coefficient (Wildman–Crippen LogP) is 1.01. The van der Waals surface area contributed by atoms with Crippen molar-refractivity contribution in [2.24, 2.45) is 0 Å².